The number of nitrogens with zero attached hydrogens (tertiary/aromatic N) is 2. The second-order valence-electron chi connectivity index (χ2n) is 8.23. The molecule has 0 bridgehead atoms. The quantitative estimate of drug-likeness (QED) is 0.450. The first-order chi connectivity index (χ1) is 15.5. The van der Waals surface area contributed by atoms with E-state index in [2.05, 4.69) is 32.4 Å². The van der Waals surface area contributed by atoms with Crippen LogP contribution in [0.1, 0.15) is 5.56 Å². The summed E-state index contributed by atoms with van der Waals surface area (Å²) in [5.41, 5.74) is 2.74. The number of amides is 2. The maximum absolute atomic E-state index is 12.4. The molecule has 0 aliphatic rings. The zero-order valence-electron chi connectivity index (χ0n) is 18.5. The molecule has 0 atom stereocenters. The van der Waals surface area contributed by atoms with Crippen LogP contribution in [0.15, 0.2) is 72.9 Å². The first-order valence-corrected chi connectivity index (χ1v) is 10.8. The summed E-state index contributed by atoms with van der Waals surface area (Å²) in [6.07, 6.45) is 2.30. The van der Waals surface area contributed by atoms with Crippen molar-refractivity contribution in [2.75, 3.05) is 32.5 Å². The van der Waals surface area contributed by atoms with Crippen molar-refractivity contribution in [2.45, 2.75) is 13.0 Å². The molecule has 0 fully saturated rings. The van der Waals surface area contributed by atoms with Crippen LogP contribution >= 0.6 is 0 Å². The van der Waals surface area contributed by atoms with Gasteiger partial charge < -0.3 is 20.1 Å². The number of hydrogen-bond acceptors (Lipinski definition) is 3. The van der Waals surface area contributed by atoms with Gasteiger partial charge in [0.25, 0.3) is 0 Å². The molecule has 3 aromatic carbocycles. The Hall–Kier alpha value is -3.64. The van der Waals surface area contributed by atoms with E-state index in [0.29, 0.717) is 0 Å². The second kappa shape index (κ2) is 9.66. The van der Waals surface area contributed by atoms with E-state index in [9.17, 15) is 9.59 Å². The predicted octanol–water partition coefficient (Wildman–Crippen LogP) is 3.65. The van der Waals surface area contributed by atoms with Gasteiger partial charge in [0, 0.05) is 25.0 Å². The molecular formula is C26H28N4O2. The van der Waals surface area contributed by atoms with Gasteiger partial charge in [0.1, 0.15) is 0 Å². The van der Waals surface area contributed by atoms with E-state index in [1.807, 2.05) is 74.8 Å². The van der Waals surface area contributed by atoms with Gasteiger partial charge in [-0.2, -0.15) is 0 Å². The molecule has 0 radical (unpaired) electrons. The Labute approximate surface area is 187 Å². The molecule has 1 aromatic heterocycles. The van der Waals surface area contributed by atoms with Gasteiger partial charge in [0.15, 0.2) is 0 Å². The highest BCUT2D eigenvalue weighted by molar-refractivity contribution is 5.97. The number of hydrogen-bond donors (Lipinski definition) is 2. The van der Waals surface area contributed by atoms with Crippen molar-refractivity contribution in [3.63, 3.8) is 0 Å². The summed E-state index contributed by atoms with van der Waals surface area (Å²) >= 11 is 0. The van der Waals surface area contributed by atoms with Crippen LogP contribution in [0.4, 0.5) is 5.69 Å². The van der Waals surface area contributed by atoms with E-state index < -0.39 is 0 Å². The van der Waals surface area contributed by atoms with Crippen LogP contribution in [0.2, 0.25) is 0 Å². The molecule has 0 saturated carbocycles. The molecule has 0 aliphatic carbocycles. The molecule has 2 amide bonds. The summed E-state index contributed by atoms with van der Waals surface area (Å²) in [4.78, 5) is 27.0. The van der Waals surface area contributed by atoms with Crippen LogP contribution in [0.25, 0.3) is 21.7 Å². The summed E-state index contributed by atoms with van der Waals surface area (Å²) < 4.78 is 2.18. The highest BCUT2D eigenvalue weighted by atomic mass is 16.2. The van der Waals surface area contributed by atoms with E-state index >= 15 is 0 Å². The van der Waals surface area contributed by atoms with Gasteiger partial charge in [-0.1, -0.05) is 48.5 Å². The monoisotopic (exact) mass is 428 g/mol. The lowest BCUT2D eigenvalue weighted by atomic mass is 10.0. The highest BCUT2D eigenvalue weighted by Crippen LogP contribution is 2.21. The van der Waals surface area contributed by atoms with Crippen LogP contribution in [0.5, 0.6) is 0 Å². The van der Waals surface area contributed by atoms with Gasteiger partial charge in [-0.15, -0.1) is 0 Å². The topological polar surface area (TPSA) is 66.4 Å². The smallest absolute Gasteiger partial charge is 0.243 e. The summed E-state index contributed by atoms with van der Waals surface area (Å²) in [5.74, 6) is -0.425. The van der Waals surface area contributed by atoms with Crippen LogP contribution in [0.3, 0.4) is 0 Å². The molecule has 6 heteroatoms. The Balaban J connectivity index is 1.34. The minimum atomic E-state index is -0.248. The lowest BCUT2D eigenvalue weighted by Crippen LogP contribution is -2.33. The molecule has 0 saturated heterocycles. The Morgan fingerprint density at radius 2 is 1.72 bits per heavy atom. The molecular weight excluding hydrogens is 400 g/mol. The number of carbonyl (C=O) groups excluding carboxylic acids is 2. The molecule has 4 rings (SSSR count). The number of rotatable bonds is 8. The first kappa shape index (κ1) is 21.6. The normalized spacial score (nSPS) is 11.2. The van der Waals surface area contributed by atoms with Crippen molar-refractivity contribution in [1.82, 2.24) is 14.8 Å². The van der Waals surface area contributed by atoms with Crippen LogP contribution < -0.4 is 10.6 Å². The van der Waals surface area contributed by atoms with Crippen molar-refractivity contribution < 1.29 is 9.59 Å². The zero-order chi connectivity index (χ0) is 22.5. The van der Waals surface area contributed by atoms with Crippen molar-refractivity contribution in [1.29, 1.82) is 0 Å². The number of nitrogens with one attached hydrogen (secondary N) is 2. The van der Waals surface area contributed by atoms with Crippen LogP contribution in [-0.4, -0.2) is 48.5 Å². The van der Waals surface area contributed by atoms with Gasteiger partial charge in [-0.25, -0.2) is 0 Å². The maximum atomic E-state index is 12.4. The lowest BCUT2D eigenvalue weighted by molar-refractivity contribution is -0.123. The van der Waals surface area contributed by atoms with Gasteiger partial charge in [-0.05, 0) is 54.0 Å². The number of fused-ring (bicyclic) bond motifs is 2. The Kier molecular flexibility index (Phi) is 6.52. The summed E-state index contributed by atoms with van der Waals surface area (Å²) in [6, 6.07) is 21.8. The average Bonchev–Trinajstić information content (AvgIpc) is 3.19. The minimum Gasteiger partial charge on any atom is -0.347 e. The predicted molar refractivity (Wildman–Crippen MR) is 130 cm³/mol. The standard InChI is InChI=1S/C26H28N4O2/c1-29(2)14-15-30-13-12-20-10-11-22(17-24(20)30)28-26(32)18-27-25(31)16-21-8-5-7-19-6-3-4-9-23(19)21/h3-13,17H,14-16,18H2,1-2H3,(H,27,31)(H,28,32). The largest absolute Gasteiger partial charge is 0.347 e. The first-order valence-electron chi connectivity index (χ1n) is 10.8. The van der Waals surface area contributed by atoms with Crippen LogP contribution in [-0.2, 0) is 22.6 Å². The SMILES string of the molecule is CN(C)CCn1ccc2ccc(NC(=O)CNC(=O)Cc3cccc4ccccc34)cc21. The summed E-state index contributed by atoms with van der Waals surface area (Å²) in [5, 5.41) is 8.90. The minimum absolute atomic E-state index is 0.0662. The van der Waals surface area contributed by atoms with Gasteiger partial charge in [-0.3, -0.25) is 9.59 Å². The third-order valence-corrected chi connectivity index (χ3v) is 5.52. The fraction of sp³-hybridized carbons (Fsp3) is 0.231. The Morgan fingerprint density at radius 1 is 0.906 bits per heavy atom. The molecule has 2 N–H and O–H groups in total. The van der Waals surface area contributed by atoms with Crippen molar-refractivity contribution >= 4 is 39.2 Å². The molecule has 4 aromatic rings. The highest BCUT2D eigenvalue weighted by Gasteiger charge is 2.10. The lowest BCUT2D eigenvalue weighted by Gasteiger charge is -2.12. The van der Waals surface area contributed by atoms with E-state index in [1.165, 1.54) is 0 Å². The van der Waals surface area contributed by atoms with Crippen molar-refractivity contribution in [3.8, 4) is 0 Å². The van der Waals surface area contributed by atoms with Crippen molar-refractivity contribution in [3.05, 3.63) is 78.5 Å². The fourth-order valence-corrected chi connectivity index (χ4v) is 3.83. The maximum Gasteiger partial charge on any atom is 0.243 e. The van der Waals surface area contributed by atoms with E-state index in [4.69, 9.17) is 0 Å². The third kappa shape index (κ3) is 5.15. The summed E-state index contributed by atoms with van der Waals surface area (Å²) in [6.45, 7) is 1.74. The molecule has 164 valence electrons. The molecule has 0 spiro atoms. The molecule has 32 heavy (non-hydrogen) atoms. The third-order valence-electron chi connectivity index (χ3n) is 5.52. The van der Waals surface area contributed by atoms with E-state index in [0.717, 1.165) is 46.0 Å². The van der Waals surface area contributed by atoms with Crippen molar-refractivity contribution in [2.24, 2.45) is 0 Å². The van der Waals surface area contributed by atoms with E-state index in [1.54, 1.807) is 0 Å². The number of likely N-dealkylation sites (N-methyl/N-ethyl adjacent to an activating group) is 1. The number of benzene rings is 3. The number of aromatic nitrogens is 1. The molecule has 0 unspecified atom stereocenters. The zero-order valence-corrected chi connectivity index (χ0v) is 18.5. The average molecular weight is 429 g/mol. The Bertz CT molecular complexity index is 1250. The number of carbonyl (C=O) groups is 2. The van der Waals surface area contributed by atoms with Crippen LogP contribution in [0, 0.1) is 0 Å². The van der Waals surface area contributed by atoms with E-state index in [-0.39, 0.29) is 24.8 Å². The molecule has 0 aliphatic heterocycles. The van der Waals surface area contributed by atoms with Gasteiger partial charge in [0.05, 0.1) is 18.5 Å². The van der Waals surface area contributed by atoms with Gasteiger partial charge in [0.2, 0.25) is 11.8 Å². The second-order valence-corrected chi connectivity index (χ2v) is 8.23. The molecule has 6 nitrogen and oxygen atoms in total. The summed E-state index contributed by atoms with van der Waals surface area (Å²) in [7, 11) is 4.10. The number of anilines is 1. The fourth-order valence-electron chi connectivity index (χ4n) is 3.83. The van der Waals surface area contributed by atoms with Gasteiger partial charge >= 0.3 is 0 Å². The Morgan fingerprint density at radius 3 is 2.56 bits per heavy atom. The molecule has 1 heterocycles.